The zero-order chi connectivity index (χ0) is 13.5. The molecule has 0 radical (unpaired) electrons. The molecule has 0 saturated carbocycles. The van der Waals surface area contributed by atoms with E-state index in [1.54, 1.807) is 0 Å². The number of aromatic nitrogens is 2. The van der Waals surface area contributed by atoms with E-state index in [2.05, 4.69) is 62.4 Å². The van der Waals surface area contributed by atoms with Crippen molar-refractivity contribution in [1.29, 1.82) is 0 Å². The Labute approximate surface area is 109 Å². The van der Waals surface area contributed by atoms with Gasteiger partial charge in [-0.05, 0) is 38.5 Å². The normalized spacial score (nSPS) is 12.6. The van der Waals surface area contributed by atoms with Gasteiger partial charge in [-0.2, -0.15) is 0 Å². The van der Waals surface area contributed by atoms with Crippen LogP contribution in [0.3, 0.4) is 0 Å². The Morgan fingerprint density at radius 1 is 1.33 bits per heavy atom. The van der Waals surface area contributed by atoms with Gasteiger partial charge in [0.15, 0.2) is 0 Å². The van der Waals surface area contributed by atoms with Crippen molar-refractivity contribution in [2.75, 3.05) is 6.54 Å². The van der Waals surface area contributed by atoms with E-state index in [0.29, 0.717) is 12.6 Å². The second-order valence-corrected chi connectivity index (χ2v) is 5.91. The predicted octanol–water partition coefficient (Wildman–Crippen LogP) is 3.16. The molecule has 0 amide bonds. The average Bonchev–Trinajstić information content (AvgIpc) is 2.63. The maximum atomic E-state index is 5.84. The summed E-state index contributed by atoms with van der Waals surface area (Å²) in [6, 6.07) is 6.95. The van der Waals surface area contributed by atoms with Crippen molar-refractivity contribution >= 4 is 11.0 Å². The summed E-state index contributed by atoms with van der Waals surface area (Å²) in [6.07, 6.45) is 0. The fraction of sp³-hybridized carbons (Fsp3) is 0.533. The lowest BCUT2D eigenvalue weighted by molar-refractivity contribution is 0.539. The van der Waals surface area contributed by atoms with Crippen molar-refractivity contribution in [3.05, 3.63) is 29.6 Å². The van der Waals surface area contributed by atoms with Crippen LogP contribution in [0.25, 0.3) is 11.0 Å². The zero-order valence-corrected chi connectivity index (χ0v) is 12.0. The fourth-order valence-corrected chi connectivity index (χ4v) is 2.41. The number of hydrogen-bond donors (Lipinski definition) is 1. The number of rotatable bonds is 3. The van der Waals surface area contributed by atoms with Crippen LogP contribution in [-0.2, 0) is 5.41 Å². The molecule has 1 aromatic carbocycles. The van der Waals surface area contributed by atoms with E-state index in [1.807, 2.05) is 0 Å². The molecule has 2 N–H and O–H groups in total. The molecule has 0 aliphatic heterocycles. The molecule has 0 fully saturated rings. The van der Waals surface area contributed by atoms with E-state index in [-0.39, 0.29) is 5.41 Å². The van der Waals surface area contributed by atoms with Gasteiger partial charge in [0.25, 0.3) is 0 Å². The minimum Gasteiger partial charge on any atom is -0.330 e. The van der Waals surface area contributed by atoms with Gasteiger partial charge in [-0.3, -0.25) is 0 Å². The van der Waals surface area contributed by atoms with Crippen LogP contribution in [0.15, 0.2) is 18.2 Å². The van der Waals surface area contributed by atoms with E-state index in [4.69, 9.17) is 5.73 Å². The van der Waals surface area contributed by atoms with Crippen molar-refractivity contribution in [1.82, 2.24) is 9.55 Å². The first-order chi connectivity index (χ1) is 8.36. The molecule has 2 aromatic rings. The van der Waals surface area contributed by atoms with Gasteiger partial charge in [0.2, 0.25) is 0 Å². The molecule has 98 valence electrons. The Morgan fingerprint density at radius 2 is 2.00 bits per heavy atom. The topological polar surface area (TPSA) is 43.8 Å². The van der Waals surface area contributed by atoms with E-state index >= 15 is 0 Å². The molecular weight excluding hydrogens is 222 g/mol. The molecule has 0 atom stereocenters. The van der Waals surface area contributed by atoms with Crippen LogP contribution in [0.5, 0.6) is 0 Å². The number of nitrogens with zero attached hydrogens (tertiary/aromatic N) is 2. The van der Waals surface area contributed by atoms with Crippen LogP contribution >= 0.6 is 0 Å². The third-order valence-corrected chi connectivity index (χ3v) is 3.67. The molecule has 1 heterocycles. The Kier molecular flexibility index (Phi) is 3.20. The zero-order valence-electron chi connectivity index (χ0n) is 12.0. The summed E-state index contributed by atoms with van der Waals surface area (Å²) in [7, 11) is 0. The molecule has 18 heavy (non-hydrogen) atoms. The molecule has 3 nitrogen and oxygen atoms in total. The Balaban J connectivity index is 2.62. The lowest BCUT2D eigenvalue weighted by atomic mass is 9.85. The van der Waals surface area contributed by atoms with Crippen LogP contribution in [0.1, 0.15) is 45.1 Å². The van der Waals surface area contributed by atoms with E-state index < -0.39 is 0 Å². The van der Waals surface area contributed by atoms with Gasteiger partial charge in [-0.15, -0.1) is 0 Å². The number of fused-ring (bicyclic) bond motifs is 1. The van der Waals surface area contributed by atoms with Crippen molar-refractivity contribution in [2.45, 2.75) is 46.1 Å². The van der Waals surface area contributed by atoms with Crippen LogP contribution in [0.2, 0.25) is 0 Å². The Hall–Kier alpha value is -1.35. The van der Waals surface area contributed by atoms with Gasteiger partial charge < -0.3 is 10.3 Å². The number of imidazole rings is 1. The first-order valence-electron chi connectivity index (χ1n) is 6.56. The lowest BCUT2D eigenvalue weighted by Gasteiger charge is -2.23. The second-order valence-electron chi connectivity index (χ2n) is 5.91. The van der Waals surface area contributed by atoms with Gasteiger partial charge in [-0.25, -0.2) is 4.98 Å². The quantitative estimate of drug-likeness (QED) is 0.902. The molecule has 3 heteroatoms. The minimum atomic E-state index is 0.00368. The number of aryl methyl sites for hydroxylation is 1. The molecular formula is C15H23N3. The number of nitrogens with two attached hydrogens (primary N) is 1. The van der Waals surface area contributed by atoms with E-state index in [0.717, 1.165) is 11.3 Å². The predicted molar refractivity (Wildman–Crippen MR) is 76.9 cm³/mol. The molecule has 0 saturated heterocycles. The van der Waals surface area contributed by atoms with Gasteiger partial charge in [0.1, 0.15) is 5.82 Å². The largest absolute Gasteiger partial charge is 0.330 e. The molecule has 0 aliphatic carbocycles. The highest BCUT2D eigenvalue weighted by molar-refractivity contribution is 5.77. The van der Waals surface area contributed by atoms with Crippen molar-refractivity contribution < 1.29 is 0 Å². The van der Waals surface area contributed by atoms with Gasteiger partial charge in [-0.1, -0.05) is 19.9 Å². The fourth-order valence-electron chi connectivity index (χ4n) is 2.41. The number of benzene rings is 1. The van der Waals surface area contributed by atoms with Crippen LogP contribution in [0.4, 0.5) is 0 Å². The second kappa shape index (κ2) is 4.39. The van der Waals surface area contributed by atoms with E-state index in [1.165, 1.54) is 11.1 Å². The minimum absolute atomic E-state index is 0.00368. The molecule has 0 unspecified atom stereocenters. The molecule has 0 aliphatic rings. The van der Waals surface area contributed by atoms with Crippen LogP contribution < -0.4 is 5.73 Å². The summed E-state index contributed by atoms with van der Waals surface area (Å²) in [6.45, 7) is 11.4. The molecule has 0 spiro atoms. The summed E-state index contributed by atoms with van der Waals surface area (Å²) >= 11 is 0. The summed E-state index contributed by atoms with van der Waals surface area (Å²) in [4.78, 5) is 4.66. The SMILES string of the molecule is Cc1nc2cc(C(C)(C)CN)ccc2n1C(C)C. The maximum Gasteiger partial charge on any atom is 0.106 e. The third-order valence-electron chi connectivity index (χ3n) is 3.67. The van der Waals surface area contributed by atoms with E-state index in [9.17, 15) is 0 Å². The highest BCUT2D eigenvalue weighted by Gasteiger charge is 2.20. The monoisotopic (exact) mass is 245 g/mol. The van der Waals surface area contributed by atoms with Crippen molar-refractivity contribution in [3.8, 4) is 0 Å². The summed E-state index contributed by atoms with van der Waals surface area (Å²) in [5.41, 5.74) is 9.38. The van der Waals surface area contributed by atoms with Crippen LogP contribution in [0, 0.1) is 6.92 Å². The smallest absolute Gasteiger partial charge is 0.106 e. The summed E-state index contributed by atoms with van der Waals surface area (Å²) in [5.74, 6) is 1.07. The molecule has 1 aromatic heterocycles. The third kappa shape index (κ3) is 2.03. The molecule has 0 bridgehead atoms. The van der Waals surface area contributed by atoms with Gasteiger partial charge in [0.05, 0.1) is 11.0 Å². The average molecular weight is 245 g/mol. The van der Waals surface area contributed by atoms with Gasteiger partial charge in [0, 0.05) is 18.0 Å². The lowest BCUT2D eigenvalue weighted by Crippen LogP contribution is -2.27. The first-order valence-corrected chi connectivity index (χ1v) is 6.56. The maximum absolute atomic E-state index is 5.84. The number of hydrogen-bond acceptors (Lipinski definition) is 2. The van der Waals surface area contributed by atoms with Crippen molar-refractivity contribution in [3.63, 3.8) is 0 Å². The van der Waals surface area contributed by atoms with Crippen molar-refractivity contribution in [2.24, 2.45) is 5.73 Å². The Morgan fingerprint density at radius 3 is 2.56 bits per heavy atom. The summed E-state index contributed by atoms with van der Waals surface area (Å²) < 4.78 is 2.27. The summed E-state index contributed by atoms with van der Waals surface area (Å²) in [5, 5.41) is 0. The van der Waals surface area contributed by atoms with Crippen LogP contribution in [-0.4, -0.2) is 16.1 Å². The highest BCUT2D eigenvalue weighted by Crippen LogP contribution is 2.27. The molecule has 2 rings (SSSR count). The Bertz CT molecular complexity index is 564. The standard InChI is InChI=1S/C15H23N3/c1-10(2)18-11(3)17-13-8-12(6-7-14(13)18)15(4,5)9-16/h6-8,10H,9,16H2,1-5H3. The highest BCUT2D eigenvalue weighted by atomic mass is 15.1. The van der Waals surface area contributed by atoms with Gasteiger partial charge >= 0.3 is 0 Å². The first kappa shape index (κ1) is 13.1.